The van der Waals surface area contributed by atoms with Gasteiger partial charge in [0, 0.05) is 37.2 Å². The molecule has 8 heteroatoms. The number of rotatable bonds is 4. The third-order valence-corrected chi connectivity index (χ3v) is 4.27. The average Bonchev–Trinajstić information content (AvgIpc) is 3.21. The number of esters is 1. The molecule has 0 radical (unpaired) electrons. The van der Waals surface area contributed by atoms with Gasteiger partial charge in [-0.25, -0.2) is 14.6 Å². The van der Waals surface area contributed by atoms with Crippen molar-refractivity contribution < 1.29 is 19.1 Å². The molecule has 1 aliphatic rings. The maximum Gasteiger partial charge on any atom is 0.410 e. The topological polar surface area (TPSA) is 96.5 Å². The molecule has 2 aromatic heterocycles. The molecule has 1 unspecified atom stereocenters. The average molecular weight is 374 g/mol. The van der Waals surface area contributed by atoms with Crippen LogP contribution in [0.25, 0.3) is 11.0 Å². The molecule has 1 saturated heterocycles. The Labute approximate surface area is 158 Å². The van der Waals surface area contributed by atoms with E-state index in [1.54, 1.807) is 24.2 Å². The van der Waals surface area contributed by atoms with Gasteiger partial charge in [0.15, 0.2) is 0 Å². The van der Waals surface area contributed by atoms with Crippen LogP contribution in [0.5, 0.6) is 0 Å². The van der Waals surface area contributed by atoms with Crippen LogP contribution in [0.2, 0.25) is 0 Å². The predicted molar refractivity (Wildman–Crippen MR) is 102 cm³/mol. The summed E-state index contributed by atoms with van der Waals surface area (Å²) in [5.41, 5.74) is 1.34. The van der Waals surface area contributed by atoms with Gasteiger partial charge >= 0.3 is 12.1 Å². The molecule has 0 aromatic carbocycles. The lowest BCUT2D eigenvalue weighted by molar-refractivity contribution is 0.0293. The molecule has 3 rings (SSSR count). The van der Waals surface area contributed by atoms with Crippen LogP contribution in [0, 0.1) is 0 Å². The molecule has 3 heterocycles. The highest BCUT2D eigenvalue weighted by Crippen LogP contribution is 2.28. The number of aromatic nitrogens is 2. The molecule has 0 bridgehead atoms. The minimum atomic E-state index is -0.514. The molecule has 27 heavy (non-hydrogen) atoms. The monoisotopic (exact) mass is 374 g/mol. The van der Waals surface area contributed by atoms with E-state index in [1.165, 1.54) is 0 Å². The molecule has 0 saturated carbocycles. The first-order valence-corrected chi connectivity index (χ1v) is 9.16. The van der Waals surface area contributed by atoms with Crippen LogP contribution in [-0.4, -0.2) is 58.3 Å². The number of anilines is 1. The standard InChI is InChI=1S/C19H26N4O4/c1-5-26-17(24)13-10-21-16-15(13)14(6-8-20-16)22-12-7-9-23(11-12)18(25)27-19(2,3)4/h6,8,10,12H,5,7,9,11H2,1-4H3,(H2,20,21,22). The number of likely N-dealkylation sites (tertiary alicyclic amines) is 1. The summed E-state index contributed by atoms with van der Waals surface area (Å²) in [6, 6.07) is 1.89. The summed E-state index contributed by atoms with van der Waals surface area (Å²) in [4.78, 5) is 33.4. The first-order chi connectivity index (χ1) is 12.8. The number of fused-ring (bicyclic) bond motifs is 1. The second-order valence-electron chi connectivity index (χ2n) is 7.56. The van der Waals surface area contributed by atoms with Crippen LogP contribution < -0.4 is 5.32 Å². The number of pyridine rings is 1. The quantitative estimate of drug-likeness (QED) is 0.798. The Morgan fingerprint density at radius 2 is 2.19 bits per heavy atom. The van der Waals surface area contributed by atoms with Crippen molar-refractivity contribution in [2.45, 2.75) is 45.8 Å². The van der Waals surface area contributed by atoms with Gasteiger partial charge in [-0.2, -0.15) is 0 Å². The first-order valence-electron chi connectivity index (χ1n) is 9.16. The molecule has 1 amide bonds. The van der Waals surface area contributed by atoms with Gasteiger partial charge in [-0.1, -0.05) is 0 Å². The minimum Gasteiger partial charge on any atom is -0.462 e. The van der Waals surface area contributed by atoms with Crippen LogP contribution in [0.3, 0.4) is 0 Å². The van der Waals surface area contributed by atoms with Gasteiger partial charge < -0.3 is 24.7 Å². The van der Waals surface area contributed by atoms with Crippen molar-refractivity contribution in [1.29, 1.82) is 0 Å². The van der Waals surface area contributed by atoms with E-state index < -0.39 is 5.60 Å². The van der Waals surface area contributed by atoms with E-state index in [0.717, 1.165) is 12.1 Å². The number of hydrogen-bond acceptors (Lipinski definition) is 6. The van der Waals surface area contributed by atoms with Crippen LogP contribution in [-0.2, 0) is 9.47 Å². The minimum absolute atomic E-state index is 0.0630. The van der Waals surface area contributed by atoms with Gasteiger partial charge in [0.05, 0.1) is 17.6 Å². The molecule has 2 N–H and O–H groups in total. The highest BCUT2D eigenvalue weighted by atomic mass is 16.6. The number of carbonyl (C=O) groups excluding carboxylic acids is 2. The molecule has 1 aliphatic heterocycles. The normalized spacial score (nSPS) is 17.2. The largest absolute Gasteiger partial charge is 0.462 e. The van der Waals surface area contributed by atoms with Crippen LogP contribution >= 0.6 is 0 Å². The van der Waals surface area contributed by atoms with Crippen molar-refractivity contribution in [2.24, 2.45) is 0 Å². The van der Waals surface area contributed by atoms with E-state index in [4.69, 9.17) is 9.47 Å². The zero-order chi connectivity index (χ0) is 19.6. The van der Waals surface area contributed by atoms with Crippen LogP contribution in [0.4, 0.5) is 10.5 Å². The second kappa shape index (κ2) is 7.46. The van der Waals surface area contributed by atoms with Crippen molar-refractivity contribution in [3.05, 3.63) is 24.0 Å². The van der Waals surface area contributed by atoms with Crippen LogP contribution in [0.1, 0.15) is 44.5 Å². The second-order valence-corrected chi connectivity index (χ2v) is 7.56. The summed E-state index contributed by atoms with van der Waals surface area (Å²) < 4.78 is 10.6. The van der Waals surface area contributed by atoms with Gasteiger partial charge in [0.25, 0.3) is 0 Å². The third kappa shape index (κ3) is 4.32. The molecule has 0 spiro atoms. The smallest absolute Gasteiger partial charge is 0.410 e. The lowest BCUT2D eigenvalue weighted by Crippen LogP contribution is -2.36. The Kier molecular flexibility index (Phi) is 5.25. The molecule has 8 nitrogen and oxygen atoms in total. The van der Waals surface area contributed by atoms with E-state index in [0.29, 0.717) is 36.3 Å². The number of nitrogens with one attached hydrogen (secondary N) is 2. The Balaban J connectivity index is 1.75. The molecule has 1 atom stereocenters. The number of amides is 1. The van der Waals surface area contributed by atoms with Gasteiger partial charge in [-0.3, -0.25) is 0 Å². The van der Waals surface area contributed by atoms with E-state index in [-0.39, 0.29) is 18.1 Å². The van der Waals surface area contributed by atoms with Crippen molar-refractivity contribution in [1.82, 2.24) is 14.9 Å². The summed E-state index contributed by atoms with van der Waals surface area (Å²) in [5.74, 6) is -0.387. The maximum absolute atomic E-state index is 12.2. The number of ether oxygens (including phenoxy) is 2. The Morgan fingerprint density at radius 3 is 2.89 bits per heavy atom. The highest BCUT2D eigenvalue weighted by Gasteiger charge is 2.30. The SMILES string of the molecule is CCOC(=O)c1c[nH]c2nccc(NC3CCN(C(=O)OC(C)(C)C)C3)c12. The number of aromatic amines is 1. The van der Waals surface area contributed by atoms with E-state index in [2.05, 4.69) is 15.3 Å². The molecule has 146 valence electrons. The van der Waals surface area contributed by atoms with E-state index in [9.17, 15) is 9.59 Å². The maximum atomic E-state index is 12.2. The summed E-state index contributed by atoms with van der Waals surface area (Å²) in [5, 5.41) is 4.14. The van der Waals surface area contributed by atoms with Crippen molar-refractivity contribution in [3.63, 3.8) is 0 Å². The Morgan fingerprint density at radius 1 is 1.41 bits per heavy atom. The summed E-state index contributed by atoms with van der Waals surface area (Å²) in [7, 11) is 0. The molecule has 0 aliphatic carbocycles. The fraction of sp³-hybridized carbons (Fsp3) is 0.526. The van der Waals surface area contributed by atoms with Gasteiger partial charge in [0.1, 0.15) is 11.2 Å². The lowest BCUT2D eigenvalue weighted by atomic mass is 10.1. The van der Waals surface area contributed by atoms with Gasteiger partial charge in [-0.15, -0.1) is 0 Å². The zero-order valence-corrected chi connectivity index (χ0v) is 16.2. The van der Waals surface area contributed by atoms with Crippen molar-refractivity contribution in [2.75, 3.05) is 25.0 Å². The first kappa shape index (κ1) is 19.0. The molecule has 1 fully saturated rings. The summed E-state index contributed by atoms with van der Waals surface area (Å²) in [6.07, 6.45) is 3.78. The third-order valence-electron chi connectivity index (χ3n) is 4.27. The van der Waals surface area contributed by atoms with E-state index >= 15 is 0 Å². The number of hydrogen-bond donors (Lipinski definition) is 2. The molecular formula is C19H26N4O4. The van der Waals surface area contributed by atoms with Gasteiger partial charge in [0.2, 0.25) is 0 Å². The molecular weight excluding hydrogens is 348 g/mol. The summed E-state index contributed by atoms with van der Waals surface area (Å²) in [6.45, 7) is 8.81. The van der Waals surface area contributed by atoms with Crippen molar-refractivity contribution >= 4 is 28.8 Å². The van der Waals surface area contributed by atoms with Crippen LogP contribution in [0.15, 0.2) is 18.5 Å². The lowest BCUT2D eigenvalue weighted by Gasteiger charge is -2.24. The predicted octanol–water partition coefficient (Wildman–Crippen LogP) is 3.16. The van der Waals surface area contributed by atoms with Crippen molar-refractivity contribution in [3.8, 4) is 0 Å². The number of carbonyl (C=O) groups is 2. The molecule has 2 aromatic rings. The van der Waals surface area contributed by atoms with Gasteiger partial charge in [-0.05, 0) is 40.2 Å². The Hall–Kier alpha value is -2.77. The Bertz CT molecular complexity index is 840. The summed E-state index contributed by atoms with van der Waals surface area (Å²) >= 11 is 0. The fourth-order valence-corrected chi connectivity index (χ4v) is 3.14. The fourth-order valence-electron chi connectivity index (χ4n) is 3.14. The zero-order valence-electron chi connectivity index (χ0n) is 16.2. The number of nitrogens with zero attached hydrogens (tertiary/aromatic N) is 2. The van der Waals surface area contributed by atoms with E-state index in [1.807, 2.05) is 26.8 Å². The highest BCUT2D eigenvalue weighted by molar-refractivity contribution is 6.08. The number of H-pyrrole nitrogens is 1.